The van der Waals surface area contributed by atoms with Crippen LogP contribution in [0, 0.1) is 0 Å². The number of nitrogens with one attached hydrogen (secondary N) is 1. The Morgan fingerprint density at radius 1 is 1.07 bits per heavy atom. The van der Waals surface area contributed by atoms with Crippen LogP contribution in [0.15, 0.2) is 36.4 Å². The molecule has 1 aliphatic heterocycles. The molecule has 0 atom stereocenters. The first-order valence-corrected chi connectivity index (χ1v) is 9.73. The molecule has 0 saturated carbocycles. The molecule has 2 aromatic rings. The van der Waals surface area contributed by atoms with Crippen molar-refractivity contribution in [3.63, 3.8) is 0 Å². The van der Waals surface area contributed by atoms with Crippen molar-refractivity contribution in [1.29, 1.82) is 0 Å². The third-order valence-corrected chi connectivity index (χ3v) is 5.25. The van der Waals surface area contributed by atoms with Crippen molar-refractivity contribution >= 4 is 28.9 Å². The van der Waals surface area contributed by atoms with Crippen molar-refractivity contribution < 1.29 is 14.3 Å². The molecule has 1 amide bonds. The van der Waals surface area contributed by atoms with Gasteiger partial charge in [-0.25, -0.2) is 0 Å². The number of benzene rings is 2. The van der Waals surface area contributed by atoms with E-state index in [4.69, 9.17) is 21.1 Å². The molecule has 2 aromatic carbocycles. The van der Waals surface area contributed by atoms with Crippen molar-refractivity contribution in [1.82, 2.24) is 4.90 Å². The number of carbonyl (C=O) groups excluding carboxylic acids is 1. The maximum atomic E-state index is 13.0. The van der Waals surface area contributed by atoms with Gasteiger partial charge in [-0.05, 0) is 42.9 Å². The van der Waals surface area contributed by atoms with Gasteiger partial charge in [0.25, 0.3) is 5.91 Å². The molecule has 0 aliphatic carbocycles. The first-order valence-electron chi connectivity index (χ1n) is 9.36. The molecule has 3 rings (SSSR count). The van der Waals surface area contributed by atoms with Crippen molar-refractivity contribution in [2.45, 2.75) is 6.92 Å². The topological polar surface area (TPSA) is 54.0 Å². The van der Waals surface area contributed by atoms with Crippen molar-refractivity contribution in [3.05, 3.63) is 47.0 Å². The minimum absolute atomic E-state index is 0.272. The Morgan fingerprint density at radius 3 is 2.46 bits per heavy atom. The molecule has 0 spiro atoms. The highest BCUT2D eigenvalue weighted by molar-refractivity contribution is 6.31. The van der Waals surface area contributed by atoms with Crippen LogP contribution in [0.2, 0.25) is 5.02 Å². The van der Waals surface area contributed by atoms with Gasteiger partial charge >= 0.3 is 0 Å². The number of carbonyl (C=O) groups is 1. The number of amides is 1. The summed E-state index contributed by atoms with van der Waals surface area (Å²) in [6, 6.07) is 10.7. The van der Waals surface area contributed by atoms with E-state index in [1.54, 1.807) is 31.4 Å². The summed E-state index contributed by atoms with van der Waals surface area (Å²) < 4.78 is 10.6. The lowest BCUT2D eigenvalue weighted by Gasteiger charge is -2.36. The first kappa shape index (κ1) is 20.3. The Bertz CT molecular complexity index is 836. The number of hydrogen-bond acceptors (Lipinski definition) is 5. The van der Waals surface area contributed by atoms with E-state index in [9.17, 15) is 4.79 Å². The van der Waals surface area contributed by atoms with E-state index in [1.165, 1.54) is 7.11 Å². The largest absolute Gasteiger partial charge is 0.497 e. The number of piperazine rings is 1. The highest BCUT2D eigenvalue weighted by Crippen LogP contribution is 2.32. The van der Waals surface area contributed by atoms with E-state index < -0.39 is 0 Å². The quantitative estimate of drug-likeness (QED) is 0.796. The van der Waals surface area contributed by atoms with Gasteiger partial charge in [0.15, 0.2) is 0 Å². The second-order valence-electron chi connectivity index (χ2n) is 6.60. The zero-order valence-electron chi connectivity index (χ0n) is 16.5. The summed E-state index contributed by atoms with van der Waals surface area (Å²) in [7, 11) is 3.10. The zero-order valence-corrected chi connectivity index (χ0v) is 17.3. The number of nitrogens with zero attached hydrogens (tertiary/aromatic N) is 2. The number of hydrogen-bond donors (Lipinski definition) is 1. The monoisotopic (exact) mass is 403 g/mol. The fraction of sp³-hybridized carbons (Fsp3) is 0.381. The zero-order chi connectivity index (χ0) is 20.1. The first-order chi connectivity index (χ1) is 13.5. The molecule has 7 heteroatoms. The summed E-state index contributed by atoms with van der Waals surface area (Å²) in [6.07, 6.45) is 0. The molecule has 1 aliphatic rings. The molecular formula is C21H26ClN3O3. The summed E-state index contributed by atoms with van der Waals surface area (Å²) in [5.74, 6) is 0.804. The Balaban J connectivity index is 1.86. The third kappa shape index (κ3) is 4.51. The lowest BCUT2D eigenvalue weighted by atomic mass is 10.1. The van der Waals surface area contributed by atoms with Crippen LogP contribution in [0.4, 0.5) is 11.4 Å². The van der Waals surface area contributed by atoms with Gasteiger partial charge in [0, 0.05) is 31.2 Å². The smallest absolute Gasteiger partial charge is 0.259 e. The van der Waals surface area contributed by atoms with Gasteiger partial charge in [0.05, 0.1) is 31.2 Å². The second kappa shape index (κ2) is 9.17. The summed E-state index contributed by atoms with van der Waals surface area (Å²) >= 11 is 6.21. The normalized spacial score (nSPS) is 14.6. The standard InChI is InChI=1S/C21H26ClN3O3/c1-4-24-9-11-25(12-10-24)19-7-5-15(22)13-18(19)23-21(26)17-14-16(27-2)6-8-20(17)28-3/h5-8,13-14H,4,9-12H2,1-3H3,(H,23,26). The summed E-state index contributed by atoms with van der Waals surface area (Å²) in [5.41, 5.74) is 2.06. The molecule has 0 aromatic heterocycles. The molecule has 0 radical (unpaired) electrons. The lowest BCUT2D eigenvalue weighted by Crippen LogP contribution is -2.46. The molecule has 6 nitrogen and oxygen atoms in total. The number of rotatable bonds is 6. The fourth-order valence-corrected chi connectivity index (χ4v) is 3.54. The van der Waals surface area contributed by atoms with Crippen LogP contribution in [0.25, 0.3) is 0 Å². The number of likely N-dealkylation sites (N-methyl/N-ethyl adjacent to an activating group) is 1. The Labute approximate surface area is 171 Å². The van der Waals surface area contributed by atoms with Gasteiger partial charge in [-0.15, -0.1) is 0 Å². The van der Waals surface area contributed by atoms with E-state index >= 15 is 0 Å². The maximum absolute atomic E-state index is 13.0. The molecule has 1 heterocycles. The highest BCUT2D eigenvalue weighted by Gasteiger charge is 2.21. The molecule has 150 valence electrons. The number of anilines is 2. The molecule has 1 fully saturated rings. The molecule has 0 unspecified atom stereocenters. The number of ether oxygens (including phenoxy) is 2. The lowest BCUT2D eigenvalue weighted by molar-refractivity contribution is 0.102. The Morgan fingerprint density at radius 2 is 1.82 bits per heavy atom. The highest BCUT2D eigenvalue weighted by atomic mass is 35.5. The molecular weight excluding hydrogens is 378 g/mol. The van der Waals surface area contributed by atoms with E-state index in [1.807, 2.05) is 12.1 Å². The minimum Gasteiger partial charge on any atom is -0.497 e. The van der Waals surface area contributed by atoms with Crippen LogP contribution in [-0.4, -0.2) is 57.8 Å². The van der Waals surface area contributed by atoms with E-state index in [-0.39, 0.29) is 5.91 Å². The summed E-state index contributed by atoms with van der Waals surface area (Å²) in [5, 5.41) is 3.57. The fourth-order valence-electron chi connectivity index (χ4n) is 3.37. The molecule has 1 N–H and O–H groups in total. The van der Waals surface area contributed by atoms with Crippen LogP contribution >= 0.6 is 11.6 Å². The summed E-state index contributed by atoms with van der Waals surface area (Å²) in [4.78, 5) is 17.7. The SMILES string of the molecule is CCN1CCN(c2ccc(Cl)cc2NC(=O)c2cc(OC)ccc2OC)CC1. The minimum atomic E-state index is -0.272. The Kier molecular flexibility index (Phi) is 6.65. The van der Waals surface area contributed by atoms with Gasteiger partial charge in [-0.1, -0.05) is 18.5 Å². The predicted octanol–water partition coefficient (Wildman–Crippen LogP) is 3.75. The van der Waals surface area contributed by atoms with Crippen LogP contribution in [-0.2, 0) is 0 Å². The molecule has 1 saturated heterocycles. The number of halogens is 1. The molecule has 0 bridgehead atoms. The average Bonchev–Trinajstić information content (AvgIpc) is 2.73. The van der Waals surface area contributed by atoms with Crippen molar-refractivity contribution in [2.24, 2.45) is 0 Å². The van der Waals surface area contributed by atoms with Gasteiger partial charge < -0.3 is 24.6 Å². The average molecular weight is 404 g/mol. The van der Waals surface area contributed by atoms with Gasteiger partial charge in [-0.3, -0.25) is 4.79 Å². The maximum Gasteiger partial charge on any atom is 0.259 e. The van der Waals surface area contributed by atoms with Crippen LogP contribution in [0.3, 0.4) is 0 Å². The van der Waals surface area contributed by atoms with E-state index in [0.29, 0.717) is 27.8 Å². The van der Waals surface area contributed by atoms with Crippen LogP contribution < -0.4 is 19.7 Å². The van der Waals surface area contributed by atoms with Gasteiger partial charge in [0.1, 0.15) is 11.5 Å². The summed E-state index contributed by atoms with van der Waals surface area (Å²) in [6.45, 7) is 7.02. The van der Waals surface area contributed by atoms with Gasteiger partial charge in [0.2, 0.25) is 0 Å². The van der Waals surface area contributed by atoms with Gasteiger partial charge in [-0.2, -0.15) is 0 Å². The predicted molar refractivity (Wildman–Crippen MR) is 113 cm³/mol. The van der Waals surface area contributed by atoms with E-state index in [2.05, 4.69) is 22.0 Å². The van der Waals surface area contributed by atoms with Crippen LogP contribution in [0.5, 0.6) is 11.5 Å². The van der Waals surface area contributed by atoms with Crippen LogP contribution in [0.1, 0.15) is 17.3 Å². The number of methoxy groups -OCH3 is 2. The second-order valence-corrected chi connectivity index (χ2v) is 7.04. The van der Waals surface area contributed by atoms with Crippen molar-refractivity contribution in [3.8, 4) is 11.5 Å². The molecule has 28 heavy (non-hydrogen) atoms. The third-order valence-electron chi connectivity index (χ3n) is 5.02. The Hall–Kier alpha value is -2.44. The van der Waals surface area contributed by atoms with Crippen molar-refractivity contribution in [2.75, 3.05) is 57.2 Å². The van der Waals surface area contributed by atoms with E-state index in [0.717, 1.165) is 38.4 Å².